The third-order valence-electron chi connectivity index (χ3n) is 5.54. The molecule has 0 bridgehead atoms. The van der Waals surface area contributed by atoms with Crippen molar-refractivity contribution in [2.24, 2.45) is 0 Å². The summed E-state index contributed by atoms with van der Waals surface area (Å²) >= 11 is 6.88. The highest BCUT2D eigenvalue weighted by molar-refractivity contribution is 6.38. The van der Waals surface area contributed by atoms with Crippen LogP contribution in [0.15, 0.2) is 60.7 Å². The van der Waals surface area contributed by atoms with Crippen LogP contribution in [0, 0.1) is 0 Å². The van der Waals surface area contributed by atoms with Gasteiger partial charge in [0, 0.05) is 30.8 Å². The van der Waals surface area contributed by atoms with Gasteiger partial charge in [0.25, 0.3) is 0 Å². The molecule has 2 aromatic carbocycles. The van der Waals surface area contributed by atoms with Crippen molar-refractivity contribution in [1.82, 2.24) is 24.9 Å². The molecular formula is C23H21ClFN5. The fraction of sp³-hybridized carbons (Fsp3) is 0.261. The molecule has 7 heteroatoms. The Labute approximate surface area is 179 Å². The number of likely N-dealkylation sites (tertiary alicyclic amines) is 1. The lowest BCUT2D eigenvalue weighted by atomic mass is 10.1. The summed E-state index contributed by atoms with van der Waals surface area (Å²) in [4.78, 5) is 2.12. The van der Waals surface area contributed by atoms with Crippen LogP contribution in [0.1, 0.15) is 6.42 Å². The van der Waals surface area contributed by atoms with Crippen molar-refractivity contribution < 1.29 is 4.39 Å². The molecule has 1 atom stereocenters. The van der Waals surface area contributed by atoms with E-state index >= 15 is 0 Å². The average Bonchev–Trinajstić information content (AvgIpc) is 3.37. The molecule has 1 saturated heterocycles. The minimum Gasteiger partial charge on any atom is -0.299 e. The number of halogens is 2. The second-order valence-electron chi connectivity index (χ2n) is 7.55. The highest BCUT2D eigenvalue weighted by atomic mass is 35.5. The van der Waals surface area contributed by atoms with E-state index in [1.54, 1.807) is 0 Å². The lowest BCUT2D eigenvalue weighted by molar-refractivity contribution is 0.277. The standard InChI is InChI=1S/C23H21ClFN5/c24-20-19-21(16-7-3-1-4-8-16)28-30(14-13-29-12-11-18(25)15-29)23(19)27-26-22(20)17-9-5-2-6-10-17/h1-10,18H,11-15H2/t18-/m1/s1. The van der Waals surface area contributed by atoms with E-state index < -0.39 is 6.17 Å². The summed E-state index contributed by atoms with van der Waals surface area (Å²) in [7, 11) is 0. The second-order valence-corrected chi connectivity index (χ2v) is 7.93. The van der Waals surface area contributed by atoms with E-state index in [1.807, 2.05) is 65.3 Å². The predicted octanol–water partition coefficient (Wildman–Crippen LogP) is 4.86. The van der Waals surface area contributed by atoms with E-state index in [4.69, 9.17) is 16.7 Å². The lowest BCUT2D eigenvalue weighted by Crippen LogP contribution is -2.26. The Kier molecular flexibility index (Phi) is 5.19. The molecule has 0 aliphatic carbocycles. The Morgan fingerprint density at radius 1 is 0.900 bits per heavy atom. The van der Waals surface area contributed by atoms with E-state index in [-0.39, 0.29) is 0 Å². The van der Waals surface area contributed by atoms with E-state index in [0.717, 1.165) is 28.8 Å². The summed E-state index contributed by atoms with van der Waals surface area (Å²) < 4.78 is 15.4. The van der Waals surface area contributed by atoms with Crippen molar-refractivity contribution in [1.29, 1.82) is 0 Å². The van der Waals surface area contributed by atoms with Crippen LogP contribution in [0.4, 0.5) is 4.39 Å². The van der Waals surface area contributed by atoms with Crippen LogP contribution in [0.25, 0.3) is 33.5 Å². The minimum absolute atomic E-state index is 0.481. The highest BCUT2D eigenvalue weighted by Crippen LogP contribution is 2.37. The van der Waals surface area contributed by atoms with Crippen molar-refractivity contribution in [2.75, 3.05) is 19.6 Å². The van der Waals surface area contributed by atoms with Crippen LogP contribution in [-0.4, -0.2) is 50.7 Å². The molecule has 0 amide bonds. The topological polar surface area (TPSA) is 46.8 Å². The first-order valence-electron chi connectivity index (χ1n) is 10.1. The van der Waals surface area contributed by atoms with Gasteiger partial charge in [-0.2, -0.15) is 5.10 Å². The maximum absolute atomic E-state index is 13.5. The van der Waals surface area contributed by atoms with Crippen molar-refractivity contribution in [2.45, 2.75) is 19.1 Å². The first kappa shape index (κ1) is 19.2. The zero-order valence-corrected chi connectivity index (χ0v) is 17.1. The van der Waals surface area contributed by atoms with Crippen LogP contribution >= 0.6 is 11.6 Å². The van der Waals surface area contributed by atoms with Gasteiger partial charge in [0.15, 0.2) is 5.65 Å². The van der Waals surface area contributed by atoms with Gasteiger partial charge >= 0.3 is 0 Å². The summed E-state index contributed by atoms with van der Waals surface area (Å²) in [5.41, 5.74) is 3.96. The number of hydrogen-bond acceptors (Lipinski definition) is 4. The summed E-state index contributed by atoms with van der Waals surface area (Å²) in [6.07, 6.45) is -0.136. The molecule has 0 N–H and O–H groups in total. The van der Waals surface area contributed by atoms with Gasteiger partial charge in [-0.1, -0.05) is 72.3 Å². The minimum atomic E-state index is -0.734. The zero-order valence-electron chi connectivity index (χ0n) is 16.4. The molecule has 1 fully saturated rings. The second kappa shape index (κ2) is 8.13. The third kappa shape index (κ3) is 3.57. The van der Waals surface area contributed by atoms with Crippen LogP contribution in [0.2, 0.25) is 5.02 Å². The average molecular weight is 422 g/mol. The number of rotatable bonds is 5. The van der Waals surface area contributed by atoms with Gasteiger partial charge in [-0.05, 0) is 6.42 Å². The quantitative estimate of drug-likeness (QED) is 0.461. The molecule has 1 aliphatic rings. The number of aromatic nitrogens is 4. The number of benzene rings is 2. The van der Waals surface area contributed by atoms with E-state index in [0.29, 0.717) is 42.4 Å². The molecule has 2 aromatic heterocycles. The Morgan fingerprint density at radius 2 is 1.57 bits per heavy atom. The largest absolute Gasteiger partial charge is 0.299 e. The normalized spacial score (nSPS) is 17.1. The van der Waals surface area contributed by atoms with Crippen molar-refractivity contribution in [3.8, 4) is 22.5 Å². The van der Waals surface area contributed by atoms with Crippen LogP contribution in [-0.2, 0) is 6.54 Å². The monoisotopic (exact) mass is 421 g/mol. The number of fused-ring (bicyclic) bond motifs is 1. The predicted molar refractivity (Wildman–Crippen MR) is 117 cm³/mol. The maximum Gasteiger partial charge on any atom is 0.182 e. The molecule has 0 saturated carbocycles. The zero-order chi connectivity index (χ0) is 20.5. The van der Waals surface area contributed by atoms with Gasteiger partial charge in [0.1, 0.15) is 17.6 Å². The molecule has 5 nitrogen and oxygen atoms in total. The Morgan fingerprint density at radius 3 is 2.20 bits per heavy atom. The SMILES string of the molecule is F[C@@H]1CCN(CCn2nc(-c3ccccc3)c3c(Cl)c(-c4ccccc4)nnc32)C1. The van der Waals surface area contributed by atoms with Crippen LogP contribution in [0.5, 0.6) is 0 Å². The molecule has 0 radical (unpaired) electrons. The van der Waals surface area contributed by atoms with Crippen LogP contribution in [0.3, 0.4) is 0 Å². The van der Waals surface area contributed by atoms with Gasteiger partial charge in [-0.3, -0.25) is 4.90 Å². The summed E-state index contributed by atoms with van der Waals surface area (Å²) in [6.45, 7) is 2.57. The lowest BCUT2D eigenvalue weighted by Gasteiger charge is -2.14. The van der Waals surface area contributed by atoms with E-state index in [1.165, 1.54) is 0 Å². The molecule has 0 unspecified atom stereocenters. The van der Waals surface area contributed by atoms with Gasteiger partial charge < -0.3 is 0 Å². The molecule has 4 aromatic rings. The van der Waals surface area contributed by atoms with E-state index in [2.05, 4.69) is 15.1 Å². The molecule has 5 rings (SSSR count). The summed E-state index contributed by atoms with van der Waals surface area (Å²) in [5.74, 6) is 0. The number of nitrogens with zero attached hydrogens (tertiary/aromatic N) is 5. The molecule has 1 aliphatic heterocycles. The Hall–Kier alpha value is -2.83. The first-order valence-corrected chi connectivity index (χ1v) is 10.5. The molecule has 152 valence electrons. The Balaban J connectivity index is 1.60. The molecule has 0 spiro atoms. The third-order valence-corrected chi connectivity index (χ3v) is 5.90. The first-order chi connectivity index (χ1) is 14.7. The summed E-state index contributed by atoms with van der Waals surface area (Å²) in [5, 5.41) is 15.1. The highest BCUT2D eigenvalue weighted by Gasteiger charge is 2.24. The fourth-order valence-electron chi connectivity index (χ4n) is 3.98. The number of alkyl halides is 1. The summed E-state index contributed by atoms with van der Waals surface area (Å²) in [6, 6.07) is 19.7. The maximum atomic E-state index is 13.5. The van der Waals surface area contributed by atoms with Gasteiger partial charge in [-0.15, -0.1) is 10.2 Å². The smallest absolute Gasteiger partial charge is 0.182 e. The van der Waals surface area contributed by atoms with Crippen molar-refractivity contribution >= 4 is 22.6 Å². The van der Waals surface area contributed by atoms with E-state index in [9.17, 15) is 4.39 Å². The van der Waals surface area contributed by atoms with Gasteiger partial charge in [0.2, 0.25) is 0 Å². The van der Waals surface area contributed by atoms with Crippen LogP contribution < -0.4 is 0 Å². The van der Waals surface area contributed by atoms with Gasteiger partial charge in [0.05, 0.1) is 17.0 Å². The van der Waals surface area contributed by atoms with Crippen molar-refractivity contribution in [3.05, 3.63) is 65.7 Å². The van der Waals surface area contributed by atoms with Gasteiger partial charge in [-0.25, -0.2) is 9.07 Å². The Bertz CT molecular complexity index is 1160. The number of hydrogen-bond donors (Lipinski definition) is 0. The fourth-order valence-corrected chi connectivity index (χ4v) is 4.30. The molecule has 30 heavy (non-hydrogen) atoms. The molecule has 3 heterocycles. The molecular weight excluding hydrogens is 401 g/mol. The van der Waals surface area contributed by atoms with Crippen molar-refractivity contribution in [3.63, 3.8) is 0 Å².